The summed E-state index contributed by atoms with van der Waals surface area (Å²) in [6, 6.07) is 7.72. The lowest BCUT2D eigenvalue weighted by atomic mass is 10.1. The summed E-state index contributed by atoms with van der Waals surface area (Å²) in [4.78, 5) is 14.8. The molecule has 0 saturated heterocycles. The Labute approximate surface area is 101 Å². The van der Waals surface area contributed by atoms with Crippen LogP contribution in [0.2, 0.25) is 0 Å². The topological polar surface area (TPSA) is 58.9 Å². The molecule has 80 valence electrons. The standard InChI is InChI=1S/C10H10INO3/c1-7(12-15-6-10(13)14)8-2-4-9(11)5-3-8/h2-5H,6H2,1H3,(H,13,14)/b12-7-. The van der Waals surface area contributed by atoms with E-state index in [4.69, 9.17) is 5.11 Å². The summed E-state index contributed by atoms with van der Waals surface area (Å²) < 4.78 is 1.13. The van der Waals surface area contributed by atoms with Crippen molar-refractivity contribution in [2.24, 2.45) is 5.16 Å². The first-order valence-electron chi connectivity index (χ1n) is 4.24. The Morgan fingerprint density at radius 2 is 2.07 bits per heavy atom. The van der Waals surface area contributed by atoms with Gasteiger partial charge in [0.05, 0.1) is 5.71 Å². The second-order valence-corrected chi connectivity index (χ2v) is 4.10. The van der Waals surface area contributed by atoms with Crippen molar-refractivity contribution in [3.63, 3.8) is 0 Å². The first-order chi connectivity index (χ1) is 7.09. The quantitative estimate of drug-likeness (QED) is 0.525. The third-order valence-corrected chi connectivity index (χ3v) is 2.37. The van der Waals surface area contributed by atoms with Crippen LogP contribution in [-0.4, -0.2) is 23.4 Å². The van der Waals surface area contributed by atoms with E-state index in [1.165, 1.54) is 0 Å². The summed E-state index contributed by atoms with van der Waals surface area (Å²) >= 11 is 2.21. The zero-order valence-corrected chi connectivity index (χ0v) is 10.3. The van der Waals surface area contributed by atoms with Crippen molar-refractivity contribution in [2.45, 2.75) is 6.92 Å². The van der Waals surface area contributed by atoms with E-state index in [0.29, 0.717) is 5.71 Å². The number of carboxylic acid groups (broad SMARTS) is 1. The maximum Gasteiger partial charge on any atom is 0.344 e. The second-order valence-electron chi connectivity index (χ2n) is 2.85. The van der Waals surface area contributed by atoms with Gasteiger partial charge < -0.3 is 9.94 Å². The Bertz CT molecular complexity index is 373. The van der Waals surface area contributed by atoms with Gasteiger partial charge in [-0.25, -0.2) is 4.79 Å². The third kappa shape index (κ3) is 4.28. The molecule has 0 amide bonds. The summed E-state index contributed by atoms with van der Waals surface area (Å²) in [5, 5.41) is 12.0. The highest BCUT2D eigenvalue weighted by atomic mass is 127. The van der Waals surface area contributed by atoms with Crippen LogP contribution in [0.3, 0.4) is 0 Å². The predicted molar refractivity (Wildman–Crippen MR) is 65.0 cm³/mol. The number of aliphatic carboxylic acids is 1. The molecule has 0 bridgehead atoms. The number of carbonyl (C=O) groups is 1. The summed E-state index contributed by atoms with van der Waals surface area (Å²) in [7, 11) is 0. The van der Waals surface area contributed by atoms with Crippen LogP contribution in [0, 0.1) is 3.57 Å². The minimum Gasteiger partial charge on any atom is -0.479 e. The number of carboxylic acids is 1. The zero-order valence-electron chi connectivity index (χ0n) is 8.11. The van der Waals surface area contributed by atoms with Gasteiger partial charge in [-0.3, -0.25) is 0 Å². The Balaban J connectivity index is 2.63. The highest BCUT2D eigenvalue weighted by molar-refractivity contribution is 14.1. The number of nitrogens with zero attached hydrogens (tertiary/aromatic N) is 1. The summed E-state index contributed by atoms with van der Waals surface area (Å²) in [5.41, 5.74) is 1.58. The fraction of sp³-hybridized carbons (Fsp3) is 0.200. The molecule has 1 N–H and O–H groups in total. The van der Waals surface area contributed by atoms with Gasteiger partial charge in [0, 0.05) is 3.57 Å². The summed E-state index contributed by atoms with van der Waals surface area (Å²) in [5.74, 6) is -1.03. The van der Waals surface area contributed by atoms with Crippen molar-refractivity contribution in [3.05, 3.63) is 33.4 Å². The molecule has 0 fully saturated rings. The van der Waals surface area contributed by atoms with Crippen molar-refractivity contribution in [3.8, 4) is 0 Å². The predicted octanol–water partition coefficient (Wildman–Crippen LogP) is 2.12. The van der Waals surface area contributed by atoms with Crippen molar-refractivity contribution in [1.82, 2.24) is 0 Å². The minimum absolute atomic E-state index is 0.415. The molecule has 0 radical (unpaired) electrons. The van der Waals surface area contributed by atoms with Crippen molar-refractivity contribution in [2.75, 3.05) is 6.61 Å². The molecule has 1 aromatic rings. The van der Waals surface area contributed by atoms with Gasteiger partial charge in [0.25, 0.3) is 0 Å². The Kier molecular flexibility index (Phi) is 4.54. The van der Waals surface area contributed by atoms with E-state index in [1.54, 1.807) is 6.92 Å². The lowest BCUT2D eigenvalue weighted by Gasteiger charge is -2.00. The van der Waals surface area contributed by atoms with Crippen LogP contribution >= 0.6 is 22.6 Å². The van der Waals surface area contributed by atoms with Gasteiger partial charge in [0.2, 0.25) is 6.61 Å². The first-order valence-corrected chi connectivity index (χ1v) is 5.32. The molecule has 0 atom stereocenters. The molecule has 4 nitrogen and oxygen atoms in total. The fourth-order valence-corrected chi connectivity index (χ4v) is 1.29. The van der Waals surface area contributed by atoms with E-state index in [0.717, 1.165) is 9.13 Å². The number of hydrogen-bond donors (Lipinski definition) is 1. The number of benzene rings is 1. The van der Waals surface area contributed by atoms with Crippen LogP contribution in [-0.2, 0) is 9.63 Å². The van der Waals surface area contributed by atoms with E-state index in [9.17, 15) is 4.79 Å². The maximum atomic E-state index is 10.2. The van der Waals surface area contributed by atoms with E-state index in [1.807, 2.05) is 24.3 Å². The normalized spacial score (nSPS) is 11.2. The second kappa shape index (κ2) is 5.69. The van der Waals surface area contributed by atoms with E-state index in [2.05, 4.69) is 32.6 Å². The molecule has 0 saturated carbocycles. The molecule has 0 aliphatic rings. The van der Waals surface area contributed by atoms with Gasteiger partial charge in [-0.1, -0.05) is 17.3 Å². The SMILES string of the molecule is C/C(=N/OCC(=O)O)c1ccc(I)cc1. The summed E-state index contributed by atoms with van der Waals surface area (Å²) in [6.07, 6.45) is 0. The molecule has 15 heavy (non-hydrogen) atoms. The monoisotopic (exact) mass is 319 g/mol. The van der Waals surface area contributed by atoms with Gasteiger partial charge >= 0.3 is 5.97 Å². The van der Waals surface area contributed by atoms with Gasteiger partial charge in [-0.05, 0) is 47.2 Å². The molecule has 0 unspecified atom stereocenters. The van der Waals surface area contributed by atoms with Crippen LogP contribution in [0.5, 0.6) is 0 Å². The van der Waals surface area contributed by atoms with Crippen LogP contribution in [0.4, 0.5) is 0 Å². The number of halogens is 1. The summed E-state index contributed by atoms with van der Waals surface area (Å²) in [6.45, 7) is 1.35. The Morgan fingerprint density at radius 1 is 1.47 bits per heavy atom. The van der Waals surface area contributed by atoms with Crippen LogP contribution < -0.4 is 0 Å². The fourth-order valence-electron chi connectivity index (χ4n) is 0.928. The van der Waals surface area contributed by atoms with Gasteiger partial charge in [0.15, 0.2) is 0 Å². The van der Waals surface area contributed by atoms with E-state index in [-0.39, 0.29) is 0 Å². The van der Waals surface area contributed by atoms with Crippen molar-refractivity contribution >= 4 is 34.3 Å². The highest BCUT2D eigenvalue weighted by Gasteiger charge is 1.99. The smallest absolute Gasteiger partial charge is 0.344 e. The third-order valence-electron chi connectivity index (χ3n) is 1.65. The van der Waals surface area contributed by atoms with Gasteiger partial charge in [0.1, 0.15) is 0 Å². The maximum absolute atomic E-state index is 10.2. The van der Waals surface area contributed by atoms with E-state index < -0.39 is 12.6 Å². The number of oxime groups is 1. The molecular formula is C10H10INO3. The van der Waals surface area contributed by atoms with Crippen LogP contribution in [0.15, 0.2) is 29.4 Å². The zero-order chi connectivity index (χ0) is 11.3. The Hall–Kier alpha value is -1.11. The molecule has 0 aromatic heterocycles. The lowest BCUT2D eigenvalue weighted by molar-refractivity contribution is -0.142. The average Bonchev–Trinajstić information content (AvgIpc) is 2.18. The minimum atomic E-state index is -1.03. The average molecular weight is 319 g/mol. The first kappa shape index (κ1) is 12.0. The van der Waals surface area contributed by atoms with Crippen LogP contribution in [0.1, 0.15) is 12.5 Å². The molecule has 1 rings (SSSR count). The molecule has 1 aromatic carbocycles. The van der Waals surface area contributed by atoms with Crippen molar-refractivity contribution in [1.29, 1.82) is 0 Å². The van der Waals surface area contributed by atoms with Crippen LogP contribution in [0.25, 0.3) is 0 Å². The molecule has 5 heteroatoms. The van der Waals surface area contributed by atoms with Gasteiger partial charge in [-0.15, -0.1) is 0 Å². The largest absolute Gasteiger partial charge is 0.479 e. The molecule has 0 aliphatic carbocycles. The molecular weight excluding hydrogens is 309 g/mol. The molecule has 0 heterocycles. The highest BCUT2D eigenvalue weighted by Crippen LogP contribution is 2.07. The van der Waals surface area contributed by atoms with E-state index >= 15 is 0 Å². The Morgan fingerprint density at radius 3 is 2.60 bits per heavy atom. The lowest BCUT2D eigenvalue weighted by Crippen LogP contribution is -2.05. The number of hydrogen-bond acceptors (Lipinski definition) is 3. The number of rotatable bonds is 4. The van der Waals surface area contributed by atoms with Gasteiger partial charge in [-0.2, -0.15) is 0 Å². The molecule has 0 aliphatic heterocycles. The van der Waals surface area contributed by atoms with Crippen molar-refractivity contribution < 1.29 is 14.7 Å². The molecule has 0 spiro atoms.